The van der Waals surface area contributed by atoms with E-state index < -0.39 is 49.1 Å². The zero-order valence-corrected chi connectivity index (χ0v) is 21.7. The van der Waals surface area contributed by atoms with Gasteiger partial charge in [0.15, 0.2) is 23.0 Å². The molecule has 0 aromatic heterocycles. The Morgan fingerprint density at radius 3 is 2.38 bits per heavy atom. The Morgan fingerprint density at radius 2 is 1.70 bits per heavy atom. The van der Waals surface area contributed by atoms with Crippen LogP contribution in [0.3, 0.4) is 0 Å². The van der Waals surface area contributed by atoms with Gasteiger partial charge in [0, 0.05) is 17.4 Å². The average molecular weight is 563 g/mol. The van der Waals surface area contributed by atoms with E-state index in [1.807, 2.05) is 0 Å². The zero-order valence-electron chi connectivity index (χ0n) is 21.7. The third kappa shape index (κ3) is 4.08. The van der Waals surface area contributed by atoms with Crippen molar-refractivity contribution >= 4 is 5.97 Å². The Bertz CT molecular complexity index is 1280. The summed E-state index contributed by atoms with van der Waals surface area (Å²) in [6, 6.07) is 5.02. The lowest BCUT2D eigenvalue weighted by Gasteiger charge is -2.40. The predicted octanol–water partition coefficient (Wildman–Crippen LogP) is -0.206. The molecule has 3 heterocycles. The summed E-state index contributed by atoms with van der Waals surface area (Å²) in [7, 11) is 2.81. The summed E-state index contributed by atoms with van der Waals surface area (Å²) in [6.45, 7) is -0.561. The van der Waals surface area contributed by atoms with Crippen LogP contribution < -0.4 is 23.7 Å². The molecule has 13 heteroatoms. The normalized spacial score (nSPS) is 32.2. The first-order chi connectivity index (χ1) is 19.3. The van der Waals surface area contributed by atoms with Crippen LogP contribution in [0.25, 0.3) is 0 Å². The fraction of sp³-hybridized carbons (Fsp3) is 0.519. The van der Waals surface area contributed by atoms with Gasteiger partial charge in [-0.2, -0.15) is 0 Å². The van der Waals surface area contributed by atoms with E-state index in [-0.39, 0.29) is 54.0 Å². The molecule has 2 aromatic rings. The Kier molecular flexibility index (Phi) is 6.79. The molecular formula is C27H30O13. The van der Waals surface area contributed by atoms with Crippen molar-refractivity contribution in [3.8, 4) is 34.5 Å². The number of hydrogen-bond donors (Lipinski definition) is 5. The number of rotatable bonds is 6. The first kappa shape index (κ1) is 26.7. The van der Waals surface area contributed by atoms with E-state index in [4.69, 9.17) is 33.2 Å². The van der Waals surface area contributed by atoms with E-state index in [1.165, 1.54) is 14.2 Å². The lowest BCUT2D eigenvalue weighted by Crippen LogP contribution is -2.60. The van der Waals surface area contributed by atoms with E-state index in [9.17, 15) is 30.3 Å². The van der Waals surface area contributed by atoms with Gasteiger partial charge >= 0.3 is 5.97 Å². The second kappa shape index (κ2) is 10.2. The lowest BCUT2D eigenvalue weighted by molar-refractivity contribution is -0.277. The average Bonchev–Trinajstić information content (AvgIpc) is 3.58. The van der Waals surface area contributed by atoms with Gasteiger partial charge in [0.1, 0.15) is 24.4 Å². The highest BCUT2D eigenvalue weighted by Crippen LogP contribution is 2.56. The van der Waals surface area contributed by atoms with Crippen molar-refractivity contribution in [2.45, 2.75) is 43.0 Å². The van der Waals surface area contributed by atoms with Crippen molar-refractivity contribution in [2.24, 2.45) is 11.8 Å². The maximum atomic E-state index is 13.0. The smallest absolute Gasteiger partial charge is 0.310 e. The molecule has 13 nitrogen and oxygen atoms in total. The number of fused-ring (bicyclic) bond motifs is 3. The minimum absolute atomic E-state index is 0.107. The third-order valence-electron chi connectivity index (χ3n) is 8.08. The summed E-state index contributed by atoms with van der Waals surface area (Å²) in [5, 5.41) is 51.3. The molecule has 3 aliphatic heterocycles. The maximum Gasteiger partial charge on any atom is 0.310 e. The quantitative estimate of drug-likeness (QED) is 0.292. The molecule has 6 rings (SSSR count). The second-order valence-electron chi connectivity index (χ2n) is 10.2. The van der Waals surface area contributed by atoms with Gasteiger partial charge in [0.05, 0.1) is 33.4 Å². The molecule has 2 fully saturated rings. The van der Waals surface area contributed by atoms with Crippen molar-refractivity contribution in [1.29, 1.82) is 0 Å². The van der Waals surface area contributed by atoms with Crippen LogP contribution in [0.5, 0.6) is 34.5 Å². The molecule has 1 aliphatic carbocycles. The first-order valence-electron chi connectivity index (χ1n) is 12.8. The summed E-state index contributed by atoms with van der Waals surface area (Å²) in [4.78, 5) is 13.0. The molecular weight excluding hydrogens is 532 g/mol. The third-order valence-corrected chi connectivity index (χ3v) is 8.08. The molecule has 40 heavy (non-hydrogen) atoms. The number of hydrogen-bond acceptors (Lipinski definition) is 13. The second-order valence-corrected chi connectivity index (χ2v) is 10.2. The largest absolute Gasteiger partial charge is 0.502 e. The van der Waals surface area contributed by atoms with E-state index in [0.29, 0.717) is 28.9 Å². The number of benzene rings is 2. The van der Waals surface area contributed by atoms with Crippen LogP contribution in [-0.2, 0) is 20.7 Å². The monoisotopic (exact) mass is 562 g/mol. The minimum atomic E-state index is -1.65. The van der Waals surface area contributed by atoms with Crippen LogP contribution in [-0.4, -0.2) is 96.4 Å². The van der Waals surface area contributed by atoms with Crippen molar-refractivity contribution in [3.05, 3.63) is 34.9 Å². The Morgan fingerprint density at radius 1 is 0.975 bits per heavy atom. The zero-order chi connectivity index (χ0) is 28.3. The van der Waals surface area contributed by atoms with Crippen LogP contribution in [0, 0.1) is 11.8 Å². The molecule has 8 unspecified atom stereocenters. The van der Waals surface area contributed by atoms with E-state index >= 15 is 0 Å². The first-order valence-corrected chi connectivity index (χ1v) is 12.8. The predicted molar refractivity (Wildman–Crippen MR) is 132 cm³/mol. The van der Waals surface area contributed by atoms with Gasteiger partial charge in [-0.05, 0) is 35.7 Å². The molecule has 4 aliphatic rings. The van der Waals surface area contributed by atoms with E-state index in [0.717, 1.165) is 0 Å². The summed E-state index contributed by atoms with van der Waals surface area (Å²) in [6.07, 6.45) is -7.15. The fourth-order valence-corrected chi connectivity index (χ4v) is 6.07. The van der Waals surface area contributed by atoms with Gasteiger partial charge in [-0.1, -0.05) is 0 Å². The molecule has 2 saturated heterocycles. The molecule has 5 N–H and O–H groups in total. The van der Waals surface area contributed by atoms with Gasteiger partial charge < -0.3 is 58.7 Å². The molecule has 216 valence electrons. The molecule has 0 radical (unpaired) electrons. The van der Waals surface area contributed by atoms with Gasteiger partial charge in [-0.3, -0.25) is 4.79 Å². The van der Waals surface area contributed by atoms with Crippen molar-refractivity contribution < 1.29 is 63.5 Å². The molecule has 0 spiro atoms. The highest BCUT2D eigenvalue weighted by atomic mass is 16.7. The van der Waals surface area contributed by atoms with Gasteiger partial charge in [0.2, 0.25) is 24.6 Å². The molecule has 2 aromatic carbocycles. The maximum absolute atomic E-state index is 13.0. The number of aliphatic hydroxyl groups is 4. The van der Waals surface area contributed by atoms with Crippen molar-refractivity contribution in [2.75, 3.05) is 34.2 Å². The van der Waals surface area contributed by atoms with Crippen molar-refractivity contribution in [3.63, 3.8) is 0 Å². The number of aliphatic hydroxyl groups excluding tert-OH is 4. The fourth-order valence-electron chi connectivity index (χ4n) is 6.07. The number of phenols is 1. The number of carbonyl (C=O) groups excluding carboxylic acids is 1. The van der Waals surface area contributed by atoms with Crippen LogP contribution in [0.2, 0.25) is 0 Å². The summed E-state index contributed by atoms with van der Waals surface area (Å²) >= 11 is 0. The van der Waals surface area contributed by atoms with Crippen LogP contribution in [0.4, 0.5) is 0 Å². The number of ether oxygens (including phenoxy) is 7. The molecule has 0 bridgehead atoms. The van der Waals surface area contributed by atoms with E-state index in [2.05, 4.69) is 0 Å². The number of aromatic hydroxyl groups is 1. The van der Waals surface area contributed by atoms with E-state index in [1.54, 1.807) is 18.2 Å². The number of phenolic OH excluding ortho intramolecular Hbond substituents is 1. The summed E-state index contributed by atoms with van der Waals surface area (Å²) < 4.78 is 39.4. The highest BCUT2D eigenvalue weighted by molar-refractivity contribution is 5.79. The SMILES string of the molecule is COc1cc(C2c3cc4c(c(OC5OC(CO)C(O)C(O)C5O)c3CC3COC(=O)C32)OCO4)cc(OC)c1O. The molecule has 8 atom stereocenters. The number of esters is 1. The van der Waals surface area contributed by atoms with Gasteiger partial charge in [-0.25, -0.2) is 0 Å². The van der Waals surface area contributed by atoms with Crippen molar-refractivity contribution in [1.82, 2.24) is 0 Å². The number of methoxy groups -OCH3 is 2. The van der Waals surface area contributed by atoms with Gasteiger partial charge in [0.25, 0.3) is 0 Å². The summed E-state index contributed by atoms with van der Waals surface area (Å²) in [5.41, 5.74) is 1.90. The molecule has 0 saturated carbocycles. The number of carbonyl (C=O) groups is 1. The lowest BCUT2D eigenvalue weighted by atomic mass is 9.67. The summed E-state index contributed by atoms with van der Waals surface area (Å²) in [5.74, 6) is -0.932. The number of cyclic esters (lactones) is 1. The molecule has 0 amide bonds. The van der Waals surface area contributed by atoms with Crippen LogP contribution >= 0.6 is 0 Å². The minimum Gasteiger partial charge on any atom is -0.502 e. The topological polar surface area (TPSA) is 183 Å². The standard InChI is InChI=1S/C27H30O13/c1-34-14-4-10(5-15(35-2)20(14)29)18-12-6-16-25(38-9-37-16)24(13(12)3-11-8-36-26(33)19(11)18)40-27-23(32)22(31)21(30)17(7-28)39-27/h4-6,11,17-19,21-23,27-32H,3,7-9H2,1-2H3. The van der Waals surface area contributed by atoms with Gasteiger partial charge in [-0.15, -0.1) is 0 Å². The Labute approximate surface area is 228 Å². The Hall–Kier alpha value is -3.49. The highest BCUT2D eigenvalue weighted by Gasteiger charge is 2.51. The van der Waals surface area contributed by atoms with Crippen LogP contribution in [0.15, 0.2) is 18.2 Å². The van der Waals surface area contributed by atoms with Crippen LogP contribution in [0.1, 0.15) is 22.6 Å². The Balaban J connectivity index is 1.50.